The summed E-state index contributed by atoms with van der Waals surface area (Å²) in [5.41, 5.74) is 6.55. The fraction of sp³-hybridized carbons (Fsp3) is 0. The van der Waals surface area contributed by atoms with E-state index in [4.69, 9.17) is 27.3 Å². The third-order valence-corrected chi connectivity index (χ3v) is 2.18. The van der Waals surface area contributed by atoms with Gasteiger partial charge >= 0.3 is 0 Å². The number of nitrogens with two attached hydrogens (primary N) is 1. The molecule has 0 fully saturated rings. The molecule has 1 heterocycles. The Hall–Kier alpha value is -2.25. The fourth-order valence-electron chi connectivity index (χ4n) is 1.33. The molecule has 0 spiro atoms. The summed E-state index contributed by atoms with van der Waals surface area (Å²) in [6.45, 7) is 0. The highest BCUT2D eigenvalue weighted by molar-refractivity contribution is 6.30. The predicted molar refractivity (Wildman–Crippen MR) is 64.9 cm³/mol. The van der Waals surface area contributed by atoms with E-state index in [1.165, 1.54) is 12.4 Å². The van der Waals surface area contributed by atoms with Crippen molar-refractivity contribution in [1.82, 2.24) is 4.98 Å². The third kappa shape index (κ3) is 2.86. The van der Waals surface area contributed by atoms with Crippen molar-refractivity contribution in [3.63, 3.8) is 0 Å². The number of nitrogen functional groups attached to an aromatic ring is 1. The lowest BCUT2D eigenvalue weighted by Crippen LogP contribution is -1.90. The van der Waals surface area contributed by atoms with Gasteiger partial charge in [-0.2, -0.15) is 5.26 Å². The third-order valence-electron chi connectivity index (χ3n) is 1.97. The van der Waals surface area contributed by atoms with Crippen LogP contribution in [0.25, 0.3) is 0 Å². The van der Waals surface area contributed by atoms with Crippen molar-refractivity contribution in [2.24, 2.45) is 0 Å². The van der Waals surface area contributed by atoms with Crippen LogP contribution < -0.4 is 10.5 Å². The number of anilines is 1. The molecule has 4 nitrogen and oxygen atoms in total. The summed E-state index contributed by atoms with van der Waals surface area (Å²) >= 11 is 5.78. The van der Waals surface area contributed by atoms with Crippen LogP contribution in [0.4, 0.5) is 5.69 Å². The van der Waals surface area contributed by atoms with E-state index in [1.807, 2.05) is 6.07 Å². The van der Waals surface area contributed by atoms with Gasteiger partial charge in [0.2, 0.25) is 0 Å². The first-order valence-electron chi connectivity index (χ1n) is 4.76. The van der Waals surface area contributed by atoms with E-state index in [9.17, 15) is 0 Å². The summed E-state index contributed by atoms with van der Waals surface area (Å²) in [4.78, 5) is 3.89. The molecule has 0 atom stereocenters. The van der Waals surface area contributed by atoms with E-state index in [1.54, 1.807) is 24.3 Å². The Morgan fingerprint density at radius 1 is 1.18 bits per heavy atom. The fourth-order valence-corrected chi connectivity index (χ4v) is 1.49. The molecule has 0 aliphatic heterocycles. The van der Waals surface area contributed by atoms with Crippen LogP contribution in [0, 0.1) is 11.3 Å². The highest BCUT2D eigenvalue weighted by Crippen LogP contribution is 2.25. The van der Waals surface area contributed by atoms with E-state index in [0.29, 0.717) is 27.8 Å². The van der Waals surface area contributed by atoms with Crippen molar-refractivity contribution in [1.29, 1.82) is 5.26 Å². The lowest BCUT2D eigenvalue weighted by Gasteiger charge is -2.06. The van der Waals surface area contributed by atoms with Gasteiger partial charge in [-0.25, -0.2) is 0 Å². The molecule has 5 heteroatoms. The highest BCUT2D eigenvalue weighted by atomic mass is 35.5. The van der Waals surface area contributed by atoms with E-state index in [2.05, 4.69) is 4.98 Å². The van der Waals surface area contributed by atoms with E-state index in [0.717, 1.165) is 0 Å². The van der Waals surface area contributed by atoms with Crippen LogP contribution in [-0.4, -0.2) is 4.98 Å². The second-order valence-corrected chi connectivity index (χ2v) is 3.78. The van der Waals surface area contributed by atoms with Gasteiger partial charge < -0.3 is 10.5 Å². The molecular weight excluding hydrogens is 238 g/mol. The molecule has 0 radical (unpaired) electrons. The summed E-state index contributed by atoms with van der Waals surface area (Å²) in [6.07, 6.45) is 3.04. The van der Waals surface area contributed by atoms with Crippen molar-refractivity contribution in [3.05, 3.63) is 47.2 Å². The van der Waals surface area contributed by atoms with Crippen LogP contribution in [0.2, 0.25) is 5.02 Å². The Morgan fingerprint density at radius 3 is 2.71 bits per heavy atom. The van der Waals surface area contributed by atoms with Gasteiger partial charge in [-0.05, 0) is 12.1 Å². The zero-order valence-electron chi connectivity index (χ0n) is 8.72. The van der Waals surface area contributed by atoms with E-state index < -0.39 is 0 Å². The van der Waals surface area contributed by atoms with Crippen molar-refractivity contribution in [2.45, 2.75) is 0 Å². The molecular formula is C12H8ClN3O. The van der Waals surface area contributed by atoms with Crippen molar-refractivity contribution < 1.29 is 4.74 Å². The summed E-state index contributed by atoms with van der Waals surface area (Å²) in [6, 6.07) is 8.43. The number of nitriles is 1. The van der Waals surface area contributed by atoms with Crippen molar-refractivity contribution in [2.75, 3.05) is 5.73 Å². The van der Waals surface area contributed by atoms with Crippen molar-refractivity contribution in [3.8, 4) is 17.6 Å². The van der Waals surface area contributed by atoms with Gasteiger partial charge in [-0.15, -0.1) is 0 Å². The monoisotopic (exact) mass is 245 g/mol. The maximum Gasteiger partial charge on any atom is 0.147 e. The number of pyridine rings is 1. The smallest absolute Gasteiger partial charge is 0.147 e. The quantitative estimate of drug-likeness (QED) is 0.826. The maximum atomic E-state index is 8.80. The lowest BCUT2D eigenvalue weighted by atomic mass is 10.2. The van der Waals surface area contributed by atoms with Crippen LogP contribution in [0.5, 0.6) is 11.5 Å². The van der Waals surface area contributed by atoms with E-state index >= 15 is 0 Å². The lowest BCUT2D eigenvalue weighted by molar-refractivity contribution is 0.480. The minimum atomic E-state index is 0.440. The SMILES string of the molecule is N#Cc1cc(N)cc(Oc2cncc(Cl)c2)c1. The molecule has 0 unspecified atom stereocenters. The zero-order chi connectivity index (χ0) is 12.3. The van der Waals surface area contributed by atoms with Crippen LogP contribution in [0.15, 0.2) is 36.7 Å². The first-order valence-corrected chi connectivity index (χ1v) is 5.14. The number of benzene rings is 1. The number of halogens is 1. The molecule has 0 bridgehead atoms. The first-order chi connectivity index (χ1) is 8.17. The first kappa shape index (κ1) is 11.2. The molecule has 1 aromatic heterocycles. The molecule has 0 saturated heterocycles. The Kier molecular flexibility index (Phi) is 3.12. The summed E-state index contributed by atoms with van der Waals surface area (Å²) in [5, 5.41) is 9.28. The highest BCUT2D eigenvalue weighted by Gasteiger charge is 2.02. The molecule has 0 aliphatic carbocycles. The Morgan fingerprint density at radius 2 is 2.00 bits per heavy atom. The van der Waals surface area contributed by atoms with Gasteiger partial charge in [-0.1, -0.05) is 11.6 Å². The summed E-state index contributed by atoms with van der Waals surface area (Å²) < 4.78 is 5.50. The molecule has 2 rings (SSSR count). The van der Waals surface area contributed by atoms with Gasteiger partial charge in [-0.3, -0.25) is 4.98 Å². The molecule has 0 aliphatic rings. The van der Waals surface area contributed by atoms with Crippen molar-refractivity contribution >= 4 is 17.3 Å². The Balaban J connectivity index is 2.30. The van der Waals surface area contributed by atoms with Crippen LogP contribution >= 0.6 is 11.6 Å². The summed E-state index contributed by atoms with van der Waals surface area (Å²) in [7, 11) is 0. The van der Waals surface area contributed by atoms with Gasteiger partial charge in [0.05, 0.1) is 22.9 Å². The summed E-state index contributed by atoms with van der Waals surface area (Å²) in [5.74, 6) is 0.970. The molecule has 0 saturated carbocycles. The Bertz CT molecular complexity index is 593. The average Bonchev–Trinajstić information content (AvgIpc) is 2.28. The van der Waals surface area contributed by atoms with Gasteiger partial charge in [0, 0.05) is 24.0 Å². The molecule has 2 N–H and O–H groups in total. The van der Waals surface area contributed by atoms with Gasteiger partial charge in [0.25, 0.3) is 0 Å². The molecule has 17 heavy (non-hydrogen) atoms. The van der Waals surface area contributed by atoms with E-state index in [-0.39, 0.29) is 0 Å². The normalized spacial score (nSPS) is 9.65. The standard InChI is InChI=1S/C12H8ClN3O/c13-9-3-12(7-16-6-9)17-11-2-8(5-14)1-10(15)4-11/h1-4,6-7H,15H2. The predicted octanol–water partition coefficient (Wildman–Crippen LogP) is 2.98. The number of aromatic nitrogens is 1. The largest absolute Gasteiger partial charge is 0.456 e. The van der Waals surface area contributed by atoms with Gasteiger partial charge in [0.1, 0.15) is 11.5 Å². The average molecular weight is 246 g/mol. The van der Waals surface area contributed by atoms with Crippen LogP contribution in [0.3, 0.4) is 0 Å². The number of ether oxygens (including phenoxy) is 1. The van der Waals surface area contributed by atoms with Crippen LogP contribution in [-0.2, 0) is 0 Å². The maximum absolute atomic E-state index is 8.80. The van der Waals surface area contributed by atoms with Crippen LogP contribution in [0.1, 0.15) is 5.56 Å². The zero-order valence-corrected chi connectivity index (χ0v) is 9.48. The number of hydrogen-bond donors (Lipinski definition) is 1. The molecule has 1 aromatic carbocycles. The Labute approximate surface area is 103 Å². The topological polar surface area (TPSA) is 71.9 Å². The number of hydrogen-bond acceptors (Lipinski definition) is 4. The minimum absolute atomic E-state index is 0.440. The molecule has 0 amide bonds. The van der Waals surface area contributed by atoms with Gasteiger partial charge in [0.15, 0.2) is 0 Å². The number of nitrogens with zero attached hydrogens (tertiary/aromatic N) is 2. The second kappa shape index (κ2) is 4.73. The minimum Gasteiger partial charge on any atom is -0.456 e. The molecule has 2 aromatic rings. The second-order valence-electron chi connectivity index (χ2n) is 3.34. The molecule has 84 valence electrons. The number of rotatable bonds is 2.